The van der Waals surface area contributed by atoms with Crippen molar-refractivity contribution < 1.29 is 9.84 Å². The molecule has 0 aromatic carbocycles. The minimum atomic E-state index is -0.819. The van der Waals surface area contributed by atoms with Crippen molar-refractivity contribution in [2.24, 2.45) is 0 Å². The molecule has 0 bridgehead atoms. The molecular formula is C15H25Br2ClO2. The van der Waals surface area contributed by atoms with Gasteiger partial charge in [-0.25, -0.2) is 0 Å². The molecule has 2 aliphatic rings. The normalized spacial score (nSPS) is 52.8. The SMILES string of the molecule is CC1(Cl)CCC(O)(C2(C)CCC(Br)C(C)(C)O2)CC1Br. The van der Waals surface area contributed by atoms with Crippen molar-refractivity contribution in [2.75, 3.05) is 0 Å². The van der Waals surface area contributed by atoms with Gasteiger partial charge in [0, 0.05) is 9.65 Å². The Kier molecular flexibility index (Phi) is 4.70. The largest absolute Gasteiger partial charge is 0.387 e. The van der Waals surface area contributed by atoms with Gasteiger partial charge < -0.3 is 9.84 Å². The molecule has 2 nitrogen and oxygen atoms in total. The van der Waals surface area contributed by atoms with Gasteiger partial charge in [-0.2, -0.15) is 0 Å². The Morgan fingerprint density at radius 2 is 1.65 bits per heavy atom. The van der Waals surface area contributed by atoms with Crippen LogP contribution in [0.3, 0.4) is 0 Å². The van der Waals surface area contributed by atoms with E-state index in [9.17, 15) is 5.11 Å². The minimum Gasteiger partial charge on any atom is -0.387 e. The Bertz CT molecular complexity index is 388. The average molecular weight is 433 g/mol. The van der Waals surface area contributed by atoms with Crippen molar-refractivity contribution in [3.63, 3.8) is 0 Å². The van der Waals surface area contributed by atoms with Crippen molar-refractivity contribution >= 4 is 43.5 Å². The van der Waals surface area contributed by atoms with Crippen molar-refractivity contribution in [1.29, 1.82) is 0 Å². The molecule has 118 valence electrons. The Morgan fingerprint density at radius 1 is 1.05 bits per heavy atom. The second-order valence-electron chi connectivity index (χ2n) is 7.42. The Labute approximate surface area is 144 Å². The monoisotopic (exact) mass is 430 g/mol. The van der Waals surface area contributed by atoms with Gasteiger partial charge in [0.25, 0.3) is 0 Å². The van der Waals surface area contributed by atoms with Gasteiger partial charge >= 0.3 is 0 Å². The number of hydrogen-bond donors (Lipinski definition) is 1. The number of halogens is 3. The molecule has 0 amide bonds. The second-order valence-corrected chi connectivity index (χ2v) is 10.5. The lowest BCUT2D eigenvalue weighted by Gasteiger charge is -2.56. The molecule has 5 atom stereocenters. The number of aliphatic hydroxyl groups is 1. The van der Waals surface area contributed by atoms with Gasteiger partial charge in [0.2, 0.25) is 0 Å². The molecule has 1 heterocycles. The zero-order chi connectivity index (χ0) is 15.4. The summed E-state index contributed by atoms with van der Waals surface area (Å²) < 4.78 is 6.37. The van der Waals surface area contributed by atoms with E-state index >= 15 is 0 Å². The fourth-order valence-corrected chi connectivity index (χ4v) is 4.73. The van der Waals surface area contributed by atoms with E-state index < -0.39 is 11.2 Å². The van der Waals surface area contributed by atoms with E-state index in [4.69, 9.17) is 16.3 Å². The van der Waals surface area contributed by atoms with Gasteiger partial charge in [-0.05, 0) is 59.8 Å². The maximum absolute atomic E-state index is 11.2. The van der Waals surface area contributed by atoms with Gasteiger partial charge in [-0.3, -0.25) is 0 Å². The molecule has 1 aliphatic heterocycles. The highest BCUT2D eigenvalue weighted by Gasteiger charge is 2.58. The van der Waals surface area contributed by atoms with E-state index in [0.717, 1.165) is 19.3 Å². The first-order valence-electron chi connectivity index (χ1n) is 7.32. The third kappa shape index (κ3) is 2.97. The van der Waals surface area contributed by atoms with Crippen LogP contribution in [0.25, 0.3) is 0 Å². The van der Waals surface area contributed by atoms with Gasteiger partial charge in [-0.15, -0.1) is 11.6 Å². The smallest absolute Gasteiger partial charge is 0.0948 e. The molecule has 1 N–H and O–H groups in total. The maximum atomic E-state index is 11.2. The molecule has 2 rings (SSSR count). The molecule has 1 aliphatic carbocycles. The van der Waals surface area contributed by atoms with E-state index in [1.165, 1.54) is 0 Å². The molecule has 5 unspecified atom stereocenters. The zero-order valence-electron chi connectivity index (χ0n) is 12.7. The molecule has 0 spiro atoms. The molecule has 0 radical (unpaired) electrons. The van der Waals surface area contributed by atoms with Crippen LogP contribution in [0, 0.1) is 0 Å². The molecule has 2 fully saturated rings. The summed E-state index contributed by atoms with van der Waals surface area (Å²) in [5, 5.41) is 11.2. The lowest BCUT2D eigenvalue weighted by molar-refractivity contribution is -0.252. The summed E-state index contributed by atoms with van der Waals surface area (Å²) in [7, 11) is 0. The number of alkyl halides is 3. The Hall–Kier alpha value is 1.17. The quantitative estimate of drug-likeness (QED) is 0.605. The van der Waals surface area contributed by atoms with Crippen LogP contribution in [0.4, 0.5) is 0 Å². The minimum absolute atomic E-state index is 0.0978. The molecule has 1 saturated carbocycles. The van der Waals surface area contributed by atoms with E-state index in [2.05, 4.69) is 52.6 Å². The summed E-state index contributed by atoms with van der Waals surface area (Å²) in [4.78, 5) is 0.138. The van der Waals surface area contributed by atoms with Crippen molar-refractivity contribution in [2.45, 2.75) is 91.1 Å². The number of hydrogen-bond acceptors (Lipinski definition) is 2. The van der Waals surface area contributed by atoms with Crippen LogP contribution >= 0.6 is 43.5 Å². The predicted molar refractivity (Wildman–Crippen MR) is 91.3 cm³/mol. The lowest BCUT2D eigenvalue weighted by Crippen LogP contribution is -2.64. The van der Waals surface area contributed by atoms with E-state index in [0.29, 0.717) is 17.7 Å². The third-order valence-electron chi connectivity index (χ3n) is 5.30. The third-order valence-corrected chi connectivity index (χ3v) is 8.91. The van der Waals surface area contributed by atoms with Gasteiger partial charge in [-0.1, -0.05) is 31.9 Å². The van der Waals surface area contributed by atoms with Crippen LogP contribution in [0.5, 0.6) is 0 Å². The Balaban J connectivity index is 2.22. The fraction of sp³-hybridized carbons (Fsp3) is 1.00. The van der Waals surface area contributed by atoms with Crippen LogP contribution < -0.4 is 0 Å². The summed E-state index contributed by atoms with van der Waals surface area (Å²) >= 11 is 13.9. The Morgan fingerprint density at radius 3 is 2.15 bits per heavy atom. The number of ether oxygens (including phenoxy) is 1. The standard InChI is InChI=1S/C15H25Br2ClO2/c1-12(2)10(16)5-6-14(4,20-12)15(19)8-7-13(3,18)11(17)9-15/h10-11,19H,5-9H2,1-4H3. The zero-order valence-corrected chi connectivity index (χ0v) is 16.6. The van der Waals surface area contributed by atoms with Crippen molar-refractivity contribution in [3.8, 4) is 0 Å². The first-order chi connectivity index (χ1) is 8.92. The van der Waals surface area contributed by atoms with E-state index in [-0.39, 0.29) is 15.3 Å². The highest BCUT2D eigenvalue weighted by Crippen LogP contribution is 2.52. The predicted octanol–water partition coefficient (Wildman–Crippen LogP) is 4.77. The summed E-state index contributed by atoms with van der Waals surface area (Å²) in [6.45, 7) is 8.28. The lowest BCUT2D eigenvalue weighted by atomic mass is 9.67. The maximum Gasteiger partial charge on any atom is 0.0948 e. The van der Waals surface area contributed by atoms with Crippen LogP contribution in [0.15, 0.2) is 0 Å². The topological polar surface area (TPSA) is 29.5 Å². The van der Waals surface area contributed by atoms with Gasteiger partial charge in [0.15, 0.2) is 0 Å². The van der Waals surface area contributed by atoms with E-state index in [1.807, 2.05) is 6.92 Å². The second kappa shape index (κ2) is 5.36. The molecular weight excluding hydrogens is 407 g/mol. The average Bonchev–Trinajstić information content (AvgIpc) is 2.30. The highest BCUT2D eigenvalue weighted by atomic mass is 79.9. The molecule has 0 aromatic heterocycles. The summed E-state index contributed by atoms with van der Waals surface area (Å²) in [5.74, 6) is 0. The van der Waals surface area contributed by atoms with Crippen molar-refractivity contribution in [3.05, 3.63) is 0 Å². The fourth-order valence-electron chi connectivity index (χ4n) is 3.47. The molecule has 1 saturated heterocycles. The summed E-state index contributed by atoms with van der Waals surface area (Å²) in [6, 6.07) is 0. The van der Waals surface area contributed by atoms with Crippen LogP contribution in [0.2, 0.25) is 0 Å². The summed E-state index contributed by atoms with van der Waals surface area (Å²) in [5.41, 5.74) is -1.60. The molecule has 20 heavy (non-hydrogen) atoms. The summed E-state index contributed by atoms with van der Waals surface area (Å²) in [6.07, 6.45) is 3.98. The van der Waals surface area contributed by atoms with Crippen LogP contribution in [-0.2, 0) is 4.74 Å². The first-order valence-corrected chi connectivity index (χ1v) is 9.52. The first kappa shape index (κ1) is 17.5. The molecule has 0 aromatic rings. The highest BCUT2D eigenvalue weighted by molar-refractivity contribution is 9.09. The van der Waals surface area contributed by atoms with Gasteiger partial charge in [0.1, 0.15) is 0 Å². The molecule has 5 heteroatoms. The van der Waals surface area contributed by atoms with Crippen LogP contribution in [-0.4, -0.2) is 36.4 Å². The number of rotatable bonds is 1. The van der Waals surface area contributed by atoms with Crippen LogP contribution in [0.1, 0.15) is 59.8 Å². The van der Waals surface area contributed by atoms with Gasteiger partial charge in [0.05, 0.1) is 21.7 Å². The van der Waals surface area contributed by atoms with E-state index in [1.54, 1.807) is 0 Å². The van der Waals surface area contributed by atoms with Crippen molar-refractivity contribution in [1.82, 2.24) is 0 Å².